The van der Waals surface area contributed by atoms with Crippen molar-refractivity contribution in [3.63, 3.8) is 0 Å². The van der Waals surface area contributed by atoms with Gasteiger partial charge in [0.1, 0.15) is 0 Å². The maximum absolute atomic E-state index is 3.58. The zero-order chi connectivity index (χ0) is 13.7. The Balaban J connectivity index is 1.97. The third-order valence-corrected chi connectivity index (χ3v) is 4.69. The first kappa shape index (κ1) is 14.6. The molecule has 0 saturated carbocycles. The third-order valence-electron chi connectivity index (χ3n) is 3.17. The van der Waals surface area contributed by atoms with Crippen LogP contribution in [0.2, 0.25) is 0 Å². The van der Waals surface area contributed by atoms with Gasteiger partial charge in [-0.2, -0.15) is 0 Å². The molecule has 0 bridgehead atoms. The van der Waals surface area contributed by atoms with Gasteiger partial charge in [-0.15, -0.1) is 11.8 Å². The lowest BCUT2D eigenvalue weighted by atomic mass is 10.1. The molecule has 0 aliphatic heterocycles. The molecule has 19 heavy (non-hydrogen) atoms. The van der Waals surface area contributed by atoms with Gasteiger partial charge in [0.05, 0.1) is 0 Å². The van der Waals surface area contributed by atoms with Crippen LogP contribution >= 0.6 is 27.7 Å². The number of benzene rings is 2. The van der Waals surface area contributed by atoms with Crippen LogP contribution in [0.15, 0.2) is 57.9 Å². The number of thioether (sulfide) groups is 1. The molecule has 100 valence electrons. The molecule has 1 unspecified atom stereocenters. The SMILES string of the molecule is CSc1ccc(C(C)NCc2ccccc2Br)cc1. The minimum atomic E-state index is 0.350. The number of hydrogen-bond acceptors (Lipinski definition) is 2. The highest BCUT2D eigenvalue weighted by molar-refractivity contribution is 9.10. The first-order valence-corrected chi connectivity index (χ1v) is 8.33. The van der Waals surface area contributed by atoms with Crippen molar-refractivity contribution < 1.29 is 0 Å². The van der Waals surface area contributed by atoms with Gasteiger partial charge in [-0.3, -0.25) is 0 Å². The summed E-state index contributed by atoms with van der Waals surface area (Å²) in [7, 11) is 0. The van der Waals surface area contributed by atoms with Crippen LogP contribution in [-0.4, -0.2) is 6.26 Å². The van der Waals surface area contributed by atoms with E-state index in [0.717, 1.165) is 11.0 Å². The lowest BCUT2D eigenvalue weighted by Crippen LogP contribution is -2.18. The van der Waals surface area contributed by atoms with Crippen molar-refractivity contribution in [1.82, 2.24) is 5.32 Å². The Hall–Kier alpha value is -0.770. The van der Waals surface area contributed by atoms with E-state index in [1.165, 1.54) is 16.0 Å². The van der Waals surface area contributed by atoms with Crippen LogP contribution in [-0.2, 0) is 6.54 Å². The van der Waals surface area contributed by atoms with E-state index in [0.29, 0.717) is 6.04 Å². The van der Waals surface area contributed by atoms with Crippen LogP contribution in [0, 0.1) is 0 Å². The highest BCUT2D eigenvalue weighted by Crippen LogP contribution is 2.20. The van der Waals surface area contributed by atoms with Crippen LogP contribution < -0.4 is 5.32 Å². The molecule has 1 atom stereocenters. The second-order valence-corrected chi connectivity index (χ2v) is 6.20. The van der Waals surface area contributed by atoms with Crippen LogP contribution in [0.3, 0.4) is 0 Å². The Kier molecular flexibility index (Phi) is 5.49. The Labute approximate surface area is 127 Å². The molecular weight excluding hydrogens is 318 g/mol. The number of hydrogen-bond donors (Lipinski definition) is 1. The maximum atomic E-state index is 3.58. The fourth-order valence-electron chi connectivity index (χ4n) is 1.92. The maximum Gasteiger partial charge on any atom is 0.0294 e. The molecule has 0 aliphatic rings. The lowest BCUT2D eigenvalue weighted by Gasteiger charge is -2.15. The summed E-state index contributed by atoms with van der Waals surface area (Å²) in [6.07, 6.45) is 2.10. The van der Waals surface area contributed by atoms with E-state index in [2.05, 4.69) is 76.9 Å². The first-order valence-electron chi connectivity index (χ1n) is 6.31. The summed E-state index contributed by atoms with van der Waals surface area (Å²) in [5, 5.41) is 3.56. The van der Waals surface area contributed by atoms with E-state index in [9.17, 15) is 0 Å². The predicted molar refractivity (Wildman–Crippen MR) is 87.6 cm³/mol. The Morgan fingerprint density at radius 2 is 1.79 bits per heavy atom. The zero-order valence-corrected chi connectivity index (χ0v) is 13.6. The second-order valence-electron chi connectivity index (χ2n) is 4.47. The quantitative estimate of drug-likeness (QED) is 0.769. The van der Waals surface area contributed by atoms with E-state index in [4.69, 9.17) is 0 Å². The molecule has 0 spiro atoms. The molecule has 2 aromatic rings. The molecule has 0 aliphatic carbocycles. The van der Waals surface area contributed by atoms with Gasteiger partial charge in [-0.1, -0.05) is 46.3 Å². The molecule has 0 radical (unpaired) electrons. The molecule has 2 aromatic carbocycles. The Bertz CT molecular complexity index is 525. The fraction of sp³-hybridized carbons (Fsp3) is 0.250. The molecule has 1 N–H and O–H groups in total. The van der Waals surface area contributed by atoms with Crippen molar-refractivity contribution >= 4 is 27.7 Å². The van der Waals surface area contributed by atoms with Gasteiger partial charge in [0, 0.05) is 22.0 Å². The van der Waals surface area contributed by atoms with Gasteiger partial charge in [0.2, 0.25) is 0 Å². The smallest absolute Gasteiger partial charge is 0.0294 e. The first-order chi connectivity index (χ1) is 9.20. The van der Waals surface area contributed by atoms with Gasteiger partial charge < -0.3 is 5.32 Å². The van der Waals surface area contributed by atoms with Crippen molar-refractivity contribution in [3.8, 4) is 0 Å². The fourth-order valence-corrected chi connectivity index (χ4v) is 2.75. The topological polar surface area (TPSA) is 12.0 Å². The van der Waals surface area contributed by atoms with E-state index >= 15 is 0 Å². The molecule has 0 amide bonds. The predicted octanol–water partition coefficient (Wildman–Crippen LogP) is 5.02. The van der Waals surface area contributed by atoms with Gasteiger partial charge in [-0.05, 0) is 42.5 Å². The molecular formula is C16H18BrNS. The summed E-state index contributed by atoms with van der Waals surface area (Å²) in [5.74, 6) is 0. The third kappa shape index (κ3) is 4.10. The number of nitrogens with one attached hydrogen (secondary N) is 1. The molecule has 2 rings (SSSR count). The van der Waals surface area contributed by atoms with Crippen LogP contribution in [0.4, 0.5) is 0 Å². The van der Waals surface area contributed by atoms with Crippen molar-refractivity contribution in [2.24, 2.45) is 0 Å². The van der Waals surface area contributed by atoms with Crippen molar-refractivity contribution in [2.45, 2.75) is 24.4 Å². The van der Waals surface area contributed by atoms with E-state index < -0.39 is 0 Å². The van der Waals surface area contributed by atoms with E-state index in [1.54, 1.807) is 11.8 Å². The molecule has 0 heterocycles. The Morgan fingerprint density at radius 3 is 2.42 bits per heavy atom. The molecule has 1 nitrogen and oxygen atoms in total. The van der Waals surface area contributed by atoms with Crippen molar-refractivity contribution in [1.29, 1.82) is 0 Å². The van der Waals surface area contributed by atoms with Crippen LogP contribution in [0.1, 0.15) is 24.1 Å². The summed E-state index contributed by atoms with van der Waals surface area (Å²) in [6.45, 7) is 3.07. The average Bonchev–Trinajstić information content (AvgIpc) is 2.46. The van der Waals surface area contributed by atoms with Crippen molar-refractivity contribution in [2.75, 3.05) is 6.26 Å². The largest absolute Gasteiger partial charge is 0.306 e. The monoisotopic (exact) mass is 335 g/mol. The lowest BCUT2D eigenvalue weighted by molar-refractivity contribution is 0.573. The summed E-state index contributed by atoms with van der Waals surface area (Å²) in [6, 6.07) is 17.4. The summed E-state index contributed by atoms with van der Waals surface area (Å²) < 4.78 is 1.16. The average molecular weight is 336 g/mol. The minimum Gasteiger partial charge on any atom is -0.306 e. The van der Waals surface area contributed by atoms with Crippen LogP contribution in [0.5, 0.6) is 0 Å². The van der Waals surface area contributed by atoms with Gasteiger partial charge in [0.15, 0.2) is 0 Å². The normalized spacial score (nSPS) is 12.4. The highest BCUT2D eigenvalue weighted by atomic mass is 79.9. The molecule has 0 aromatic heterocycles. The van der Waals surface area contributed by atoms with Gasteiger partial charge in [0.25, 0.3) is 0 Å². The molecule has 0 fully saturated rings. The minimum absolute atomic E-state index is 0.350. The standard InChI is InChI=1S/C16H18BrNS/c1-12(13-7-9-15(19-2)10-8-13)18-11-14-5-3-4-6-16(14)17/h3-10,12,18H,11H2,1-2H3. The van der Waals surface area contributed by atoms with Crippen molar-refractivity contribution in [3.05, 3.63) is 64.1 Å². The van der Waals surface area contributed by atoms with Crippen LogP contribution in [0.25, 0.3) is 0 Å². The Morgan fingerprint density at radius 1 is 1.11 bits per heavy atom. The van der Waals surface area contributed by atoms with Gasteiger partial charge >= 0.3 is 0 Å². The number of halogens is 1. The summed E-state index contributed by atoms with van der Waals surface area (Å²) in [4.78, 5) is 1.31. The van der Waals surface area contributed by atoms with Gasteiger partial charge in [-0.25, -0.2) is 0 Å². The molecule has 3 heteroatoms. The summed E-state index contributed by atoms with van der Waals surface area (Å²) >= 11 is 5.35. The van der Waals surface area contributed by atoms with E-state index in [1.807, 2.05) is 6.07 Å². The second kappa shape index (κ2) is 7.13. The highest BCUT2D eigenvalue weighted by Gasteiger charge is 2.06. The molecule has 0 saturated heterocycles. The van der Waals surface area contributed by atoms with E-state index in [-0.39, 0.29) is 0 Å². The number of rotatable bonds is 5. The summed E-state index contributed by atoms with van der Waals surface area (Å²) in [5.41, 5.74) is 2.61. The zero-order valence-electron chi connectivity index (χ0n) is 11.2.